The van der Waals surface area contributed by atoms with Gasteiger partial charge in [-0.25, -0.2) is 5.84 Å². The van der Waals surface area contributed by atoms with Crippen molar-refractivity contribution < 1.29 is 9.84 Å². The first-order chi connectivity index (χ1) is 9.71. The second kappa shape index (κ2) is 6.67. The number of hydrogen-bond acceptors (Lipinski definition) is 8. The fourth-order valence-electron chi connectivity index (χ4n) is 2.46. The molecule has 0 atom stereocenters. The van der Waals surface area contributed by atoms with Crippen LogP contribution in [0.4, 0.5) is 11.9 Å². The van der Waals surface area contributed by atoms with E-state index in [0.717, 1.165) is 25.7 Å². The van der Waals surface area contributed by atoms with E-state index in [2.05, 4.69) is 25.7 Å². The van der Waals surface area contributed by atoms with Crippen molar-refractivity contribution in [1.82, 2.24) is 15.0 Å². The van der Waals surface area contributed by atoms with Crippen molar-refractivity contribution in [1.29, 1.82) is 0 Å². The molecule has 0 bridgehead atoms. The average molecular weight is 282 g/mol. The van der Waals surface area contributed by atoms with Crippen molar-refractivity contribution in [2.24, 2.45) is 5.84 Å². The summed E-state index contributed by atoms with van der Waals surface area (Å²) in [5.41, 5.74) is 2.02. The van der Waals surface area contributed by atoms with Gasteiger partial charge in [0.15, 0.2) is 0 Å². The maximum absolute atomic E-state index is 9.70. The van der Waals surface area contributed by atoms with Crippen molar-refractivity contribution in [2.45, 2.75) is 44.6 Å². The molecule has 1 aliphatic rings. The molecule has 0 unspecified atom stereocenters. The lowest BCUT2D eigenvalue weighted by molar-refractivity contribution is 0.172. The van der Waals surface area contributed by atoms with Crippen LogP contribution in [0.25, 0.3) is 0 Å². The van der Waals surface area contributed by atoms with Gasteiger partial charge in [0, 0.05) is 0 Å². The van der Waals surface area contributed by atoms with E-state index in [9.17, 15) is 5.11 Å². The minimum Gasteiger partial charge on any atom is -0.464 e. The summed E-state index contributed by atoms with van der Waals surface area (Å²) < 4.78 is 5.28. The molecule has 0 amide bonds. The molecule has 2 rings (SSSR count). The average Bonchev–Trinajstić information content (AvgIpc) is 2.48. The Bertz CT molecular complexity index is 436. The lowest BCUT2D eigenvalue weighted by atomic mass is 9.82. The minimum atomic E-state index is -0.366. The van der Waals surface area contributed by atoms with Crippen LogP contribution >= 0.6 is 0 Å². The summed E-state index contributed by atoms with van der Waals surface area (Å²) in [5, 5.41) is 12.9. The van der Waals surface area contributed by atoms with Crippen molar-refractivity contribution in [3.63, 3.8) is 0 Å². The topological polar surface area (TPSA) is 118 Å². The van der Waals surface area contributed by atoms with E-state index in [1.54, 1.807) is 0 Å². The van der Waals surface area contributed by atoms with Gasteiger partial charge < -0.3 is 15.2 Å². The van der Waals surface area contributed by atoms with Crippen molar-refractivity contribution in [3.05, 3.63) is 0 Å². The molecule has 0 aliphatic heterocycles. The molecule has 1 aromatic rings. The number of aliphatic hydroxyl groups excluding tert-OH is 1. The molecular weight excluding hydrogens is 260 g/mol. The van der Waals surface area contributed by atoms with Crippen LogP contribution in [0.5, 0.6) is 6.01 Å². The summed E-state index contributed by atoms with van der Waals surface area (Å²) in [6.45, 7) is 2.36. The zero-order valence-electron chi connectivity index (χ0n) is 11.7. The first kappa shape index (κ1) is 14.7. The number of nitrogen functional groups attached to an aromatic ring is 1. The number of ether oxygens (including phenoxy) is 1. The molecule has 5 N–H and O–H groups in total. The highest BCUT2D eigenvalue weighted by atomic mass is 16.5. The van der Waals surface area contributed by atoms with Gasteiger partial charge in [0.25, 0.3) is 0 Å². The molecule has 0 aromatic carbocycles. The second-order valence-electron chi connectivity index (χ2n) is 4.97. The highest BCUT2D eigenvalue weighted by molar-refractivity contribution is 5.37. The summed E-state index contributed by atoms with van der Waals surface area (Å²) >= 11 is 0. The number of hydrazine groups is 1. The monoisotopic (exact) mass is 282 g/mol. The number of hydrogen-bond donors (Lipinski definition) is 4. The van der Waals surface area contributed by atoms with Crippen LogP contribution in [0.2, 0.25) is 0 Å². The lowest BCUT2D eigenvalue weighted by Gasteiger charge is -2.36. The Balaban J connectivity index is 2.19. The smallest absolute Gasteiger partial charge is 0.323 e. The van der Waals surface area contributed by atoms with Crippen LogP contribution in [-0.4, -0.2) is 38.8 Å². The van der Waals surface area contributed by atoms with Crippen molar-refractivity contribution in [2.75, 3.05) is 24.0 Å². The van der Waals surface area contributed by atoms with Crippen LogP contribution < -0.4 is 21.3 Å². The van der Waals surface area contributed by atoms with Crippen LogP contribution in [0.3, 0.4) is 0 Å². The Kier molecular flexibility index (Phi) is 4.91. The van der Waals surface area contributed by atoms with Gasteiger partial charge in [0.05, 0.1) is 18.8 Å². The van der Waals surface area contributed by atoms with Crippen molar-refractivity contribution >= 4 is 11.9 Å². The Morgan fingerprint density at radius 3 is 2.50 bits per heavy atom. The SMILES string of the molecule is CCOc1nc(NN)nc(NC2(CO)CCCCC2)n1. The zero-order valence-corrected chi connectivity index (χ0v) is 11.7. The Morgan fingerprint density at radius 1 is 1.20 bits per heavy atom. The van der Waals surface area contributed by atoms with E-state index in [1.165, 1.54) is 6.42 Å². The standard InChI is InChI=1S/C12H22N6O2/c1-2-20-11-15-9(14-10(16-11)18-13)17-12(8-19)6-4-3-5-7-12/h19H,2-8,13H2,1H3,(H2,14,15,16,17,18). The lowest BCUT2D eigenvalue weighted by Crippen LogP contribution is -2.44. The Labute approximate surface area is 118 Å². The summed E-state index contributed by atoms with van der Waals surface area (Å²) in [6.07, 6.45) is 5.15. The van der Waals surface area contributed by atoms with Gasteiger partial charge in [0.2, 0.25) is 11.9 Å². The summed E-state index contributed by atoms with van der Waals surface area (Å²) in [5.74, 6) is 5.95. The number of anilines is 2. The summed E-state index contributed by atoms with van der Waals surface area (Å²) in [4.78, 5) is 12.4. The molecule has 20 heavy (non-hydrogen) atoms. The molecule has 0 radical (unpaired) electrons. The predicted octanol–water partition coefficient (Wildman–Crippen LogP) is 0.663. The third kappa shape index (κ3) is 3.45. The Morgan fingerprint density at radius 2 is 1.90 bits per heavy atom. The molecular formula is C12H22N6O2. The van der Waals surface area contributed by atoms with Gasteiger partial charge in [-0.2, -0.15) is 15.0 Å². The minimum absolute atomic E-state index is 0.0496. The van der Waals surface area contributed by atoms with E-state index in [1.807, 2.05) is 6.92 Å². The molecule has 112 valence electrons. The highest BCUT2D eigenvalue weighted by Gasteiger charge is 2.32. The van der Waals surface area contributed by atoms with Gasteiger partial charge in [0.1, 0.15) is 0 Å². The largest absolute Gasteiger partial charge is 0.464 e. The third-order valence-corrected chi connectivity index (χ3v) is 3.51. The van der Waals surface area contributed by atoms with Crippen LogP contribution in [-0.2, 0) is 0 Å². The third-order valence-electron chi connectivity index (χ3n) is 3.51. The van der Waals surface area contributed by atoms with E-state index in [4.69, 9.17) is 10.6 Å². The number of rotatable bonds is 6. The van der Waals surface area contributed by atoms with Crippen LogP contribution in [0.1, 0.15) is 39.0 Å². The van der Waals surface area contributed by atoms with Gasteiger partial charge in [-0.15, -0.1) is 0 Å². The zero-order chi connectivity index (χ0) is 14.4. The summed E-state index contributed by atoms with van der Waals surface area (Å²) in [7, 11) is 0. The molecule has 0 spiro atoms. The highest BCUT2D eigenvalue weighted by Crippen LogP contribution is 2.30. The second-order valence-corrected chi connectivity index (χ2v) is 4.97. The van der Waals surface area contributed by atoms with E-state index < -0.39 is 0 Å². The van der Waals surface area contributed by atoms with E-state index >= 15 is 0 Å². The summed E-state index contributed by atoms with van der Waals surface area (Å²) in [6, 6.07) is 0.210. The molecule has 8 heteroatoms. The van der Waals surface area contributed by atoms with Gasteiger partial charge >= 0.3 is 6.01 Å². The number of nitrogens with two attached hydrogens (primary N) is 1. The first-order valence-corrected chi connectivity index (χ1v) is 6.96. The van der Waals surface area contributed by atoms with Crippen LogP contribution in [0.15, 0.2) is 0 Å². The molecule has 8 nitrogen and oxygen atoms in total. The van der Waals surface area contributed by atoms with Crippen molar-refractivity contribution in [3.8, 4) is 6.01 Å². The molecule has 1 fully saturated rings. The molecule has 0 saturated heterocycles. The molecule has 1 saturated carbocycles. The van der Waals surface area contributed by atoms with E-state index in [0.29, 0.717) is 12.6 Å². The quantitative estimate of drug-likeness (QED) is 0.444. The van der Waals surface area contributed by atoms with Gasteiger partial charge in [-0.05, 0) is 19.8 Å². The van der Waals surface area contributed by atoms with Crippen LogP contribution in [0, 0.1) is 0 Å². The Hall–Kier alpha value is -1.67. The molecule has 1 aromatic heterocycles. The van der Waals surface area contributed by atoms with Gasteiger partial charge in [-0.3, -0.25) is 5.43 Å². The predicted molar refractivity (Wildman–Crippen MR) is 75.3 cm³/mol. The number of nitrogens with zero attached hydrogens (tertiary/aromatic N) is 3. The van der Waals surface area contributed by atoms with Gasteiger partial charge in [-0.1, -0.05) is 19.3 Å². The number of nitrogens with one attached hydrogen (secondary N) is 2. The van der Waals surface area contributed by atoms with E-state index in [-0.39, 0.29) is 24.1 Å². The number of aliphatic hydroxyl groups is 1. The maximum atomic E-state index is 9.70. The number of aromatic nitrogens is 3. The normalized spacial score (nSPS) is 17.6. The fraction of sp³-hybridized carbons (Fsp3) is 0.750. The molecule has 1 aliphatic carbocycles. The fourth-order valence-corrected chi connectivity index (χ4v) is 2.46. The maximum Gasteiger partial charge on any atom is 0.323 e. The molecule has 1 heterocycles. The first-order valence-electron chi connectivity index (χ1n) is 6.96.